The van der Waals surface area contributed by atoms with Crippen LogP contribution in [0.1, 0.15) is 44.4 Å². The molecule has 1 heterocycles. The summed E-state index contributed by atoms with van der Waals surface area (Å²) in [5.41, 5.74) is -0.320. The van der Waals surface area contributed by atoms with Gasteiger partial charge in [0.25, 0.3) is 0 Å². The van der Waals surface area contributed by atoms with Gasteiger partial charge in [-0.1, -0.05) is 25.0 Å². The molecule has 0 spiro atoms. The number of nitrogens with one attached hydrogen (secondary N) is 1. The van der Waals surface area contributed by atoms with Crippen molar-refractivity contribution in [2.24, 2.45) is 0 Å². The van der Waals surface area contributed by atoms with E-state index in [1.165, 1.54) is 12.3 Å². The fourth-order valence-corrected chi connectivity index (χ4v) is 3.48. The van der Waals surface area contributed by atoms with Gasteiger partial charge in [0.05, 0.1) is 23.7 Å². The summed E-state index contributed by atoms with van der Waals surface area (Å²) in [7, 11) is 0. The number of carbonyl (C=O) groups excluding carboxylic acids is 1. The molecule has 1 saturated carbocycles. The van der Waals surface area contributed by atoms with Crippen LogP contribution in [0.4, 0.5) is 4.39 Å². The summed E-state index contributed by atoms with van der Waals surface area (Å²) in [4.78, 5) is 27.4. The number of benzene rings is 1. The summed E-state index contributed by atoms with van der Waals surface area (Å²) in [6, 6.07) is 6.24. The van der Waals surface area contributed by atoms with Gasteiger partial charge >= 0.3 is 5.97 Å². The van der Waals surface area contributed by atoms with Gasteiger partial charge in [0.1, 0.15) is 5.82 Å². The minimum absolute atomic E-state index is 0.0603. The first-order valence-corrected chi connectivity index (χ1v) is 8.70. The number of rotatable bonds is 7. The zero-order chi connectivity index (χ0) is 18.6. The molecule has 0 unspecified atom stereocenters. The molecule has 0 saturated heterocycles. The van der Waals surface area contributed by atoms with E-state index < -0.39 is 17.3 Å². The predicted octanol–water partition coefficient (Wildman–Crippen LogP) is 3.32. The van der Waals surface area contributed by atoms with Crippen LogP contribution in [0.5, 0.6) is 0 Å². The van der Waals surface area contributed by atoms with E-state index in [0.717, 1.165) is 12.8 Å². The molecule has 138 valence electrons. The van der Waals surface area contributed by atoms with Gasteiger partial charge in [-0.3, -0.25) is 9.59 Å². The standard InChI is InChI=1S/C19H21FN2O4/c20-14-6-2-1-5-13(14)15-12-21-17(26-15)8-7-16(23)22-19(11-18(24)25)9-3-4-10-19/h1-2,5-6,12H,3-4,7-11H2,(H,22,23)(H,24,25). The van der Waals surface area contributed by atoms with E-state index in [0.29, 0.717) is 30.1 Å². The highest BCUT2D eigenvalue weighted by Gasteiger charge is 2.37. The Hall–Kier alpha value is -2.70. The van der Waals surface area contributed by atoms with Crippen molar-refractivity contribution >= 4 is 11.9 Å². The quantitative estimate of drug-likeness (QED) is 0.790. The van der Waals surface area contributed by atoms with Gasteiger partial charge in [-0.2, -0.15) is 0 Å². The Morgan fingerprint density at radius 2 is 2.00 bits per heavy atom. The Balaban J connectivity index is 1.58. The van der Waals surface area contributed by atoms with E-state index in [-0.39, 0.29) is 25.2 Å². The third kappa shape index (κ3) is 4.28. The largest absolute Gasteiger partial charge is 0.481 e. The van der Waals surface area contributed by atoms with Crippen LogP contribution in [-0.2, 0) is 16.0 Å². The van der Waals surface area contributed by atoms with E-state index >= 15 is 0 Å². The first-order chi connectivity index (χ1) is 12.5. The lowest BCUT2D eigenvalue weighted by Crippen LogP contribution is -2.47. The summed E-state index contributed by atoms with van der Waals surface area (Å²) in [5, 5.41) is 12.0. The number of halogens is 1. The molecule has 7 heteroatoms. The third-order valence-corrected chi connectivity index (χ3v) is 4.71. The molecule has 2 N–H and O–H groups in total. The molecule has 2 aromatic rings. The summed E-state index contributed by atoms with van der Waals surface area (Å²) < 4.78 is 19.3. The minimum atomic E-state index is -0.908. The molecule has 0 atom stereocenters. The Morgan fingerprint density at radius 3 is 2.69 bits per heavy atom. The first-order valence-electron chi connectivity index (χ1n) is 8.70. The second-order valence-electron chi connectivity index (χ2n) is 6.70. The monoisotopic (exact) mass is 360 g/mol. The molecular weight excluding hydrogens is 339 g/mol. The van der Waals surface area contributed by atoms with Gasteiger partial charge in [-0.05, 0) is 25.0 Å². The molecular formula is C19H21FN2O4. The molecule has 1 fully saturated rings. The minimum Gasteiger partial charge on any atom is -0.481 e. The number of carboxylic acids is 1. The SMILES string of the molecule is O=C(O)CC1(NC(=O)CCc2ncc(-c3ccccc3F)o2)CCCC1. The maximum Gasteiger partial charge on any atom is 0.305 e. The zero-order valence-corrected chi connectivity index (χ0v) is 14.3. The van der Waals surface area contributed by atoms with Gasteiger partial charge in [0, 0.05) is 12.8 Å². The van der Waals surface area contributed by atoms with Crippen molar-refractivity contribution in [3.8, 4) is 11.3 Å². The average molecular weight is 360 g/mol. The highest BCUT2D eigenvalue weighted by atomic mass is 19.1. The second-order valence-corrected chi connectivity index (χ2v) is 6.70. The number of aryl methyl sites for hydroxylation is 1. The molecule has 26 heavy (non-hydrogen) atoms. The highest BCUT2D eigenvalue weighted by molar-refractivity contribution is 5.78. The van der Waals surface area contributed by atoms with Crippen LogP contribution in [0.15, 0.2) is 34.9 Å². The molecule has 1 aliphatic rings. The fraction of sp³-hybridized carbons (Fsp3) is 0.421. The topological polar surface area (TPSA) is 92.4 Å². The summed E-state index contributed by atoms with van der Waals surface area (Å²) in [6.07, 6.45) is 4.98. The number of oxazole rings is 1. The van der Waals surface area contributed by atoms with Crippen LogP contribution in [0.2, 0.25) is 0 Å². The van der Waals surface area contributed by atoms with Gasteiger partial charge < -0.3 is 14.8 Å². The van der Waals surface area contributed by atoms with Crippen LogP contribution >= 0.6 is 0 Å². The second kappa shape index (κ2) is 7.68. The highest BCUT2D eigenvalue weighted by Crippen LogP contribution is 2.32. The number of hydrogen-bond donors (Lipinski definition) is 2. The molecule has 1 aliphatic carbocycles. The van der Waals surface area contributed by atoms with Crippen LogP contribution < -0.4 is 5.32 Å². The maximum atomic E-state index is 13.8. The lowest BCUT2D eigenvalue weighted by atomic mass is 9.93. The van der Waals surface area contributed by atoms with E-state index in [1.807, 2.05) is 0 Å². The van der Waals surface area contributed by atoms with Crippen molar-refractivity contribution in [3.63, 3.8) is 0 Å². The lowest BCUT2D eigenvalue weighted by molar-refractivity contribution is -0.139. The number of carboxylic acid groups (broad SMARTS) is 1. The van der Waals surface area contributed by atoms with E-state index in [2.05, 4.69) is 10.3 Å². The predicted molar refractivity (Wildman–Crippen MR) is 91.8 cm³/mol. The van der Waals surface area contributed by atoms with E-state index in [9.17, 15) is 14.0 Å². The van der Waals surface area contributed by atoms with E-state index in [4.69, 9.17) is 9.52 Å². The van der Waals surface area contributed by atoms with Crippen LogP contribution in [-0.4, -0.2) is 27.5 Å². The number of hydrogen-bond acceptors (Lipinski definition) is 4. The average Bonchev–Trinajstić information content (AvgIpc) is 3.22. The zero-order valence-electron chi connectivity index (χ0n) is 14.3. The van der Waals surface area contributed by atoms with Gasteiger partial charge in [0.2, 0.25) is 5.91 Å². The number of aliphatic carboxylic acids is 1. The van der Waals surface area contributed by atoms with Crippen molar-refractivity contribution in [1.29, 1.82) is 0 Å². The number of aromatic nitrogens is 1. The Bertz CT molecular complexity index is 796. The van der Waals surface area contributed by atoms with Crippen LogP contribution in [0.3, 0.4) is 0 Å². The number of amides is 1. The van der Waals surface area contributed by atoms with Crippen molar-refractivity contribution in [2.45, 2.75) is 50.5 Å². The molecule has 1 aromatic carbocycles. The smallest absolute Gasteiger partial charge is 0.305 e. The Labute approximate surface area is 150 Å². The third-order valence-electron chi connectivity index (χ3n) is 4.71. The molecule has 0 aliphatic heterocycles. The summed E-state index contributed by atoms with van der Waals surface area (Å²) in [6.45, 7) is 0. The van der Waals surface area contributed by atoms with Crippen LogP contribution in [0, 0.1) is 5.82 Å². The van der Waals surface area contributed by atoms with Gasteiger partial charge in [-0.25, -0.2) is 9.37 Å². The van der Waals surface area contributed by atoms with Crippen molar-refractivity contribution in [3.05, 3.63) is 42.2 Å². The fourth-order valence-electron chi connectivity index (χ4n) is 3.48. The van der Waals surface area contributed by atoms with Crippen molar-refractivity contribution in [1.82, 2.24) is 10.3 Å². The molecule has 0 bridgehead atoms. The molecule has 0 radical (unpaired) electrons. The summed E-state index contributed by atoms with van der Waals surface area (Å²) >= 11 is 0. The molecule has 6 nitrogen and oxygen atoms in total. The Kier molecular flexibility index (Phi) is 5.35. The van der Waals surface area contributed by atoms with E-state index in [1.54, 1.807) is 18.2 Å². The maximum absolute atomic E-state index is 13.8. The normalized spacial score (nSPS) is 15.7. The van der Waals surface area contributed by atoms with Crippen molar-refractivity contribution in [2.75, 3.05) is 0 Å². The molecule has 1 aromatic heterocycles. The molecule has 3 rings (SSSR count). The molecule has 1 amide bonds. The van der Waals surface area contributed by atoms with Gasteiger partial charge in [-0.15, -0.1) is 0 Å². The first kappa shape index (κ1) is 18.1. The Morgan fingerprint density at radius 1 is 1.27 bits per heavy atom. The van der Waals surface area contributed by atoms with Crippen molar-refractivity contribution < 1.29 is 23.5 Å². The number of nitrogens with zero attached hydrogens (tertiary/aromatic N) is 1. The lowest BCUT2D eigenvalue weighted by Gasteiger charge is -2.28. The summed E-state index contributed by atoms with van der Waals surface area (Å²) in [5.74, 6) is -0.869. The van der Waals surface area contributed by atoms with Gasteiger partial charge in [0.15, 0.2) is 11.7 Å². The number of carbonyl (C=O) groups is 2. The van der Waals surface area contributed by atoms with Crippen LogP contribution in [0.25, 0.3) is 11.3 Å².